The van der Waals surface area contributed by atoms with Crippen LogP contribution in [0.1, 0.15) is 34.1 Å². The minimum absolute atomic E-state index is 0.234. The summed E-state index contributed by atoms with van der Waals surface area (Å²) in [6.07, 6.45) is 3.10. The predicted octanol–water partition coefficient (Wildman–Crippen LogP) is 2.64. The van der Waals surface area contributed by atoms with Crippen molar-refractivity contribution in [3.05, 3.63) is 12.8 Å². The molecule has 0 aliphatic carbocycles. The van der Waals surface area contributed by atoms with E-state index in [1.807, 2.05) is 6.20 Å². The van der Waals surface area contributed by atoms with Gasteiger partial charge in [0, 0.05) is 12.1 Å². The van der Waals surface area contributed by atoms with E-state index in [9.17, 15) is 0 Å². The zero-order valence-electron chi connectivity index (χ0n) is 7.65. The lowest BCUT2D eigenvalue weighted by atomic mass is 10.1. The normalized spacial score (nSPS) is 11.2. The smallest absolute Gasteiger partial charge is 0.0312 e. The van der Waals surface area contributed by atoms with Crippen molar-refractivity contribution >= 4 is 0 Å². The fraction of sp³-hybridized carbons (Fsp3) is 0.778. The third-order valence-electron chi connectivity index (χ3n) is 1.55. The molecule has 0 saturated heterocycles. The van der Waals surface area contributed by atoms with Gasteiger partial charge in [-0.05, 0) is 33.4 Å². The van der Waals surface area contributed by atoms with Crippen LogP contribution in [0.25, 0.3) is 0 Å². The highest BCUT2D eigenvalue weighted by Gasteiger charge is 2.15. The van der Waals surface area contributed by atoms with Crippen LogP contribution in [0.3, 0.4) is 0 Å². The van der Waals surface area contributed by atoms with E-state index in [1.54, 1.807) is 0 Å². The van der Waals surface area contributed by atoms with Crippen molar-refractivity contribution in [1.82, 2.24) is 4.90 Å². The van der Waals surface area contributed by atoms with Crippen LogP contribution in [0.2, 0.25) is 0 Å². The lowest BCUT2D eigenvalue weighted by Gasteiger charge is -2.34. The summed E-state index contributed by atoms with van der Waals surface area (Å²) in [5.41, 5.74) is 0.234. The minimum atomic E-state index is 0.234. The Bertz CT molecular complexity index is 99.8. The molecule has 1 heteroatoms. The van der Waals surface area contributed by atoms with Crippen LogP contribution in [0.15, 0.2) is 12.8 Å². The monoisotopic (exact) mass is 141 g/mol. The van der Waals surface area contributed by atoms with Gasteiger partial charge in [-0.2, -0.15) is 0 Å². The van der Waals surface area contributed by atoms with E-state index in [4.69, 9.17) is 0 Å². The van der Waals surface area contributed by atoms with Crippen molar-refractivity contribution in [3.63, 3.8) is 0 Å². The van der Waals surface area contributed by atoms with Gasteiger partial charge in [-0.3, -0.25) is 0 Å². The van der Waals surface area contributed by atoms with E-state index in [-0.39, 0.29) is 5.54 Å². The maximum Gasteiger partial charge on any atom is 0.0312 e. The fourth-order valence-corrected chi connectivity index (χ4v) is 0.941. The van der Waals surface area contributed by atoms with Gasteiger partial charge in [-0.25, -0.2) is 0 Å². The molecule has 0 rings (SSSR count). The second-order valence-corrected chi connectivity index (χ2v) is 3.55. The molecule has 60 valence electrons. The average Bonchev–Trinajstić information content (AvgIpc) is 1.80. The SMILES string of the molecule is C=CN(CCC)C(C)(C)C. The lowest BCUT2D eigenvalue weighted by Crippen LogP contribution is -2.37. The molecular weight excluding hydrogens is 122 g/mol. The van der Waals surface area contributed by atoms with E-state index in [1.165, 1.54) is 6.42 Å². The Morgan fingerprint density at radius 2 is 1.90 bits per heavy atom. The molecule has 0 aromatic heterocycles. The van der Waals surface area contributed by atoms with Crippen LogP contribution in [-0.4, -0.2) is 17.0 Å². The quantitative estimate of drug-likeness (QED) is 0.584. The first kappa shape index (κ1) is 9.54. The molecule has 0 aromatic rings. The van der Waals surface area contributed by atoms with Crippen LogP contribution in [-0.2, 0) is 0 Å². The molecular formula is C9H19N. The number of rotatable bonds is 3. The molecule has 0 atom stereocenters. The van der Waals surface area contributed by atoms with Gasteiger partial charge in [0.25, 0.3) is 0 Å². The third-order valence-corrected chi connectivity index (χ3v) is 1.55. The molecule has 0 bridgehead atoms. The molecule has 0 amide bonds. The van der Waals surface area contributed by atoms with Gasteiger partial charge in [0.05, 0.1) is 0 Å². The molecule has 0 radical (unpaired) electrons. The molecule has 0 heterocycles. The summed E-state index contributed by atoms with van der Waals surface area (Å²) in [6.45, 7) is 13.7. The van der Waals surface area contributed by atoms with E-state index in [0.29, 0.717) is 0 Å². The van der Waals surface area contributed by atoms with E-state index in [0.717, 1.165) is 6.54 Å². The Hall–Kier alpha value is -0.460. The highest BCUT2D eigenvalue weighted by Crippen LogP contribution is 2.12. The molecule has 0 spiro atoms. The Labute approximate surface area is 64.7 Å². The van der Waals surface area contributed by atoms with Crippen molar-refractivity contribution < 1.29 is 0 Å². The van der Waals surface area contributed by atoms with Crippen molar-refractivity contribution in [2.45, 2.75) is 39.7 Å². The van der Waals surface area contributed by atoms with Gasteiger partial charge < -0.3 is 4.90 Å². The molecule has 0 N–H and O–H groups in total. The van der Waals surface area contributed by atoms with E-state index in [2.05, 4.69) is 39.2 Å². The number of hydrogen-bond donors (Lipinski definition) is 0. The zero-order valence-corrected chi connectivity index (χ0v) is 7.65. The first-order valence-corrected chi connectivity index (χ1v) is 3.91. The Kier molecular flexibility index (Phi) is 3.48. The largest absolute Gasteiger partial charge is 0.373 e. The Morgan fingerprint density at radius 1 is 1.40 bits per heavy atom. The second kappa shape index (κ2) is 3.65. The molecule has 10 heavy (non-hydrogen) atoms. The first-order valence-electron chi connectivity index (χ1n) is 3.91. The van der Waals surface area contributed by atoms with Gasteiger partial charge in [0.15, 0.2) is 0 Å². The summed E-state index contributed by atoms with van der Waals surface area (Å²) in [5.74, 6) is 0. The molecule has 0 aromatic carbocycles. The summed E-state index contributed by atoms with van der Waals surface area (Å²) in [6, 6.07) is 0. The average molecular weight is 141 g/mol. The molecule has 0 unspecified atom stereocenters. The Morgan fingerprint density at radius 3 is 2.00 bits per heavy atom. The van der Waals surface area contributed by atoms with Crippen LogP contribution in [0.5, 0.6) is 0 Å². The summed E-state index contributed by atoms with van der Waals surface area (Å²) in [4.78, 5) is 2.26. The van der Waals surface area contributed by atoms with E-state index >= 15 is 0 Å². The molecule has 0 aliphatic rings. The van der Waals surface area contributed by atoms with Crippen molar-refractivity contribution in [2.75, 3.05) is 6.54 Å². The molecule has 1 nitrogen and oxygen atoms in total. The topological polar surface area (TPSA) is 3.24 Å². The summed E-state index contributed by atoms with van der Waals surface area (Å²) >= 11 is 0. The van der Waals surface area contributed by atoms with Crippen LogP contribution < -0.4 is 0 Å². The maximum absolute atomic E-state index is 3.77. The fourth-order valence-electron chi connectivity index (χ4n) is 0.941. The second-order valence-electron chi connectivity index (χ2n) is 3.55. The van der Waals surface area contributed by atoms with Crippen LogP contribution >= 0.6 is 0 Å². The van der Waals surface area contributed by atoms with Crippen molar-refractivity contribution in [3.8, 4) is 0 Å². The third kappa shape index (κ3) is 2.90. The van der Waals surface area contributed by atoms with Gasteiger partial charge in [0.1, 0.15) is 0 Å². The highest BCUT2D eigenvalue weighted by atomic mass is 15.2. The van der Waals surface area contributed by atoms with Gasteiger partial charge in [-0.15, -0.1) is 0 Å². The van der Waals surface area contributed by atoms with Gasteiger partial charge in [-0.1, -0.05) is 13.5 Å². The predicted molar refractivity (Wildman–Crippen MR) is 46.9 cm³/mol. The number of nitrogens with zero attached hydrogens (tertiary/aromatic N) is 1. The van der Waals surface area contributed by atoms with Crippen molar-refractivity contribution in [2.24, 2.45) is 0 Å². The molecule has 0 saturated carbocycles. The zero-order chi connectivity index (χ0) is 8.20. The van der Waals surface area contributed by atoms with Crippen LogP contribution in [0.4, 0.5) is 0 Å². The lowest BCUT2D eigenvalue weighted by molar-refractivity contribution is 0.207. The van der Waals surface area contributed by atoms with Crippen molar-refractivity contribution in [1.29, 1.82) is 0 Å². The highest BCUT2D eigenvalue weighted by molar-refractivity contribution is 4.83. The summed E-state index contributed by atoms with van der Waals surface area (Å²) < 4.78 is 0. The van der Waals surface area contributed by atoms with E-state index < -0.39 is 0 Å². The standard InChI is InChI=1S/C9H19N/c1-6-8-10(7-2)9(3,4)5/h7H,2,6,8H2,1,3-5H3. The van der Waals surface area contributed by atoms with Gasteiger partial charge >= 0.3 is 0 Å². The van der Waals surface area contributed by atoms with Gasteiger partial charge in [0.2, 0.25) is 0 Å². The molecule has 0 fully saturated rings. The summed E-state index contributed by atoms with van der Waals surface area (Å²) in [7, 11) is 0. The van der Waals surface area contributed by atoms with Crippen LogP contribution in [0, 0.1) is 0 Å². The molecule has 0 aliphatic heterocycles. The number of hydrogen-bond acceptors (Lipinski definition) is 1. The Balaban J connectivity index is 3.93. The summed E-state index contributed by atoms with van der Waals surface area (Å²) in [5, 5.41) is 0. The first-order chi connectivity index (χ1) is 4.52. The minimum Gasteiger partial charge on any atom is -0.373 e. The maximum atomic E-state index is 3.77.